The summed E-state index contributed by atoms with van der Waals surface area (Å²) >= 11 is 1.45. The average Bonchev–Trinajstić information content (AvgIpc) is 2.94. The Kier molecular flexibility index (Phi) is 4.77. The number of urea groups is 1. The predicted molar refractivity (Wildman–Crippen MR) is 75.7 cm³/mol. The molecule has 3 atom stereocenters. The van der Waals surface area contributed by atoms with E-state index in [9.17, 15) is 14.7 Å². The van der Waals surface area contributed by atoms with Gasteiger partial charge in [-0.1, -0.05) is 0 Å². The molecule has 20 heavy (non-hydrogen) atoms. The van der Waals surface area contributed by atoms with Crippen LogP contribution in [0.25, 0.3) is 0 Å². The fraction of sp³-hybridized carbons (Fsp3) is 0.833. The van der Waals surface area contributed by atoms with Gasteiger partial charge in [-0.25, -0.2) is 9.59 Å². The third-order valence-electron chi connectivity index (χ3n) is 3.63. The minimum atomic E-state index is -0.966. The number of rotatable bonds is 3. The van der Waals surface area contributed by atoms with Crippen LogP contribution in [0.3, 0.4) is 0 Å². The zero-order valence-corrected chi connectivity index (χ0v) is 12.5. The monoisotopic (exact) mass is 303 g/mol. The van der Waals surface area contributed by atoms with Gasteiger partial charge in [0.15, 0.2) is 0 Å². The van der Waals surface area contributed by atoms with E-state index in [1.165, 1.54) is 16.7 Å². The first kappa shape index (κ1) is 15.4. The Balaban J connectivity index is 2.08. The first-order valence-corrected chi connectivity index (χ1v) is 7.76. The first-order valence-electron chi connectivity index (χ1n) is 6.60. The van der Waals surface area contributed by atoms with Crippen LogP contribution in [0, 0.1) is 0 Å². The van der Waals surface area contributed by atoms with Crippen LogP contribution < -0.4 is 0 Å². The lowest BCUT2D eigenvalue weighted by Gasteiger charge is -2.32. The highest BCUT2D eigenvalue weighted by molar-refractivity contribution is 7.99. The van der Waals surface area contributed by atoms with E-state index in [0.29, 0.717) is 24.6 Å². The first-order chi connectivity index (χ1) is 9.40. The molecule has 2 rings (SSSR count). The molecule has 0 radical (unpaired) electrons. The Labute approximate surface area is 122 Å². The van der Waals surface area contributed by atoms with E-state index in [0.717, 1.165) is 0 Å². The number of hydrogen-bond donors (Lipinski definition) is 2. The van der Waals surface area contributed by atoms with E-state index < -0.39 is 18.1 Å². The maximum absolute atomic E-state index is 12.5. The van der Waals surface area contributed by atoms with Crippen LogP contribution in [-0.2, 0) is 4.79 Å². The van der Waals surface area contributed by atoms with Gasteiger partial charge >= 0.3 is 12.0 Å². The summed E-state index contributed by atoms with van der Waals surface area (Å²) in [5.74, 6) is -0.139. The van der Waals surface area contributed by atoms with Crippen molar-refractivity contribution in [2.75, 3.05) is 38.8 Å². The summed E-state index contributed by atoms with van der Waals surface area (Å²) < 4.78 is 0. The summed E-state index contributed by atoms with van der Waals surface area (Å²) in [5, 5.41) is 19.0. The van der Waals surface area contributed by atoms with Gasteiger partial charge in [0.1, 0.15) is 6.04 Å². The van der Waals surface area contributed by atoms with Crippen LogP contribution in [0.15, 0.2) is 0 Å². The number of likely N-dealkylation sites (tertiary alicyclic amines) is 1. The molecule has 2 N–H and O–H groups in total. The molecule has 2 aliphatic rings. The van der Waals surface area contributed by atoms with E-state index >= 15 is 0 Å². The molecule has 0 aromatic carbocycles. The summed E-state index contributed by atoms with van der Waals surface area (Å²) in [6, 6.07) is -1.09. The van der Waals surface area contributed by atoms with E-state index in [4.69, 9.17) is 5.11 Å². The second kappa shape index (κ2) is 6.19. The molecule has 2 fully saturated rings. The van der Waals surface area contributed by atoms with Gasteiger partial charge in [-0.15, -0.1) is 11.8 Å². The highest BCUT2D eigenvalue weighted by atomic mass is 32.2. The van der Waals surface area contributed by atoms with Crippen LogP contribution in [0.5, 0.6) is 0 Å². The molecule has 0 aliphatic carbocycles. The lowest BCUT2D eigenvalue weighted by Crippen LogP contribution is -2.52. The van der Waals surface area contributed by atoms with Crippen molar-refractivity contribution in [1.82, 2.24) is 14.7 Å². The Bertz CT molecular complexity index is 393. The van der Waals surface area contributed by atoms with Gasteiger partial charge < -0.3 is 24.9 Å². The number of carbonyl (C=O) groups is 2. The topological polar surface area (TPSA) is 84.3 Å². The zero-order valence-electron chi connectivity index (χ0n) is 11.7. The predicted octanol–water partition coefficient (Wildman–Crippen LogP) is -0.437. The number of β-amino-alcohol motifs (C(OH)–C–C–N with tert-alkyl or cyclic N) is 1. The average molecular weight is 303 g/mol. The van der Waals surface area contributed by atoms with Crippen molar-refractivity contribution in [2.45, 2.75) is 24.6 Å². The van der Waals surface area contributed by atoms with Crippen LogP contribution in [0.4, 0.5) is 4.79 Å². The molecule has 2 heterocycles. The van der Waals surface area contributed by atoms with Crippen molar-refractivity contribution >= 4 is 23.8 Å². The number of carboxylic acids is 1. The normalized spacial score (nSPS) is 30.3. The van der Waals surface area contributed by atoms with E-state index in [-0.39, 0.29) is 18.6 Å². The number of likely N-dealkylation sites (N-methyl/N-ethyl adjacent to an activating group) is 1. The molecule has 2 amide bonds. The molecular formula is C12H21N3O4S. The zero-order chi connectivity index (χ0) is 14.9. The SMILES string of the molecule is CN(C)CC1CC(O)CN1C(=O)N1CSCC1C(=O)O. The van der Waals surface area contributed by atoms with Gasteiger partial charge in [0.25, 0.3) is 0 Å². The number of carbonyl (C=O) groups excluding carboxylic acids is 1. The van der Waals surface area contributed by atoms with Crippen molar-refractivity contribution in [1.29, 1.82) is 0 Å². The molecular weight excluding hydrogens is 282 g/mol. The fourth-order valence-corrected chi connectivity index (χ4v) is 3.86. The minimum Gasteiger partial charge on any atom is -0.480 e. The summed E-state index contributed by atoms with van der Waals surface area (Å²) in [7, 11) is 3.83. The maximum atomic E-state index is 12.5. The largest absolute Gasteiger partial charge is 0.480 e. The van der Waals surface area contributed by atoms with E-state index in [1.807, 2.05) is 19.0 Å². The maximum Gasteiger partial charge on any atom is 0.327 e. The number of hydrogen-bond acceptors (Lipinski definition) is 5. The van der Waals surface area contributed by atoms with Crippen LogP contribution in [-0.4, -0.2) is 93.9 Å². The fourth-order valence-electron chi connectivity index (χ4n) is 2.72. The lowest BCUT2D eigenvalue weighted by atomic mass is 10.2. The molecule has 2 saturated heterocycles. The number of aliphatic hydroxyl groups excluding tert-OH is 1. The standard InChI is InChI=1S/C12H21N3O4S/c1-13(2)4-8-3-9(16)5-14(8)12(19)15-7-20-6-10(15)11(17)18/h8-10,16H,3-7H2,1-2H3,(H,17,18). The third-order valence-corrected chi connectivity index (χ3v) is 4.64. The second-order valence-corrected chi connectivity index (χ2v) is 6.56. The van der Waals surface area contributed by atoms with Crippen molar-refractivity contribution in [3.8, 4) is 0 Å². The summed E-state index contributed by atoms with van der Waals surface area (Å²) in [4.78, 5) is 28.7. The van der Waals surface area contributed by atoms with Crippen LogP contribution in [0.1, 0.15) is 6.42 Å². The number of aliphatic carboxylic acids is 1. The lowest BCUT2D eigenvalue weighted by molar-refractivity contribution is -0.141. The van der Waals surface area contributed by atoms with Crippen molar-refractivity contribution in [2.24, 2.45) is 0 Å². The minimum absolute atomic E-state index is 0.0625. The number of thioether (sulfide) groups is 1. The molecule has 0 saturated carbocycles. The molecule has 0 spiro atoms. The number of nitrogens with zero attached hydrogens (tertiary/aromatic N) is 3. The molecule has 0 aromatic heterocycles. The number of aliphatic hydroxyl groups is 1. The molecule has 2 aliphatic heterocycles. The van der Waals surface area contributed by atoms with Gasteiger partial charge in [0, 0.05) is 24.9 Å². The second-order valence-electron chi connectivity index (χ2n) is 5.56. The van der Waals surface area contributed by atoms with Gasteiger partial charge in [0.2, 0.25) is 0 Å². The molecule has 8 heteroatoms. The van der Waals surface area contributed by atoms with E-state index in [2.05, 4.69) is 0 Å². The number of carboxylic acid groups (broad SMARTS) is 1. The summed E-state index contributed by atoms with van der Waals surface area (Å²) in [6.07, 6.45) is 0.0188. The quantitative estimate of drug-likeness (QED) is 0.735. The molecule has 3 unspecified atom stereocenters. The highest BCUT2D eigenvalue weighted by Crippen LogP contribution is 2.26. The Morgan fingerprint density at radius 2 is 2.05 bits per heavy atom. The van der Waals surface area contributed by atoms with Gasteiger partial charge in [-0.3, -0.25) is 0 Å². The molecule has 114 valence electrons. The summed E-state index contributed by atoms with van der Waals surface area (Å²) in [5.41, 5.74) is 0. The van der Waals surface area contributed by atoms with Crippen LogP contribution >= 0.6 is 11.8 Å². The van der Waals surface area contributed by atoms with Crippen molar-refractivity contribution in [3.63, 3.8) is 0 Å². The smallest absolute Gasteiger partial charge is 0.327 e. The van der Waals surface area contributed by atoms with Crippen molar-refractivity contribution in [3.05, 3.63) is 0 Å². The Hall–Kier alpha value is -0.990. The molecule has 0 bridgehead atoms. The Morgan fingerprint density at radius 1 is 1.35 bits per heavy atom. The number of amides is 2. The van der Waals surface area contributed by atoms with Gasteiger partial charge in [-0.2, -0.15) is 0 Å². The van der Waals surface area contributed by atoms with E-state index in [1.54, 1.807) is 4.90 Å². The van der Waals surface area contributed by atoms with Gasteiger partial charge in [-0.05, 0) is 20.5 Å². The van der Waals surface area contributed by atoms with Crippen molar-refractivity contribution < 1.29 is 19.8 Å². The summed E-state index contributed by atoms with van der Waals surface area (Å²) in [6.45, 7) is 0.951. The molecule has 7 nitrogen and oxygen atoms in total. The molecule has 0 aromatic rings. The van der Waals surface area contributed by atoms with Gasteiger partial charge in [0.05, 0.1) is 12.0 Å². The third kappa shape index (κ3) is 3.18. The highest BCUT2D eigenvalue weighted by Gasteiger charge is 2.42. The Morgan fingerprint density at radius 3 is 2.65 bits per heavy atom. The van der Waals surface area contributed by atoms with Crippen LogP contribution in [0.2, 0.25) is 0 Å².